The van der Waals surface area contributed by atoms with Gasteiger partial charge in [-0.1, -0.05) is 12.1 Å². The van der Waals surface area contributed by atoms with E-state index in [0.29, 0.717) is 23.8 Å². The van der Waals surface area contributed by atoms with Gasteiger partial charge in [0.25, 0.3) is 5.69 Å². The molecule has 28 heavy (non-hydrogen) atoms. The number of nitrogens with zero attached hydrogens (tertiary/aromatic N) is 5. The van der Waals surface area contributed by atoms with E-state index in [-0.39, 0.29) is 5.69 Å². The number of halogens is 1. The molecule has 0 aliphatic carbocycles. The minimum absolute atomic E-state index is 0.00739. The topological polar surface area (TPSA) is 98.2 Å². The first-order chi connectivity index (χ1) is 13.5. The van der Waals surface area contributed by atoms with Crippen molar-refractivity contribution in [2.45, 2.75) is 13.5 Å². The van der Waals surface area contributed by atoms with Crippen LogP contribution >= 0.6 is 15.9 Å². The Morgan fingerprint density at radius 1 is 1.14 bits per heavy atom. The van der Waals surface area contributed by atoms with Crippen LogP contribution < -0.4 is 5.32 Å². The van der Waals surface area contributed by atoms with Crippen LogP contribution in [0.15, 0.2) is 59.3 Å². The molecule has 0 bridgehead atoms. The number of hydrogen-bond acceptors (Lipinski definition) is 6. The SMILES string of the molecule is Cc1cc(NCc2cn3cc(Br)ccc3n2)nc(-c2cccc([N+](=O)[O-])c2)n1. The lowest BCUT2D eigenvalue weighted by molar-refractivity contribution is -0.384. The zero-order chi connectivity index (χ0) is 19.7. The molecule has 3 heterocycles. The van der Waals surface area contributed by atoms with Gasteiger partial charge < -0.3 is 9.72 Å². The molecule has 0 saturated carbocycles. The minimum Gasteiger partial charge on any atom is -0.364 e. The molecule has 0 spiro atoms. The zero-order valence-electron chi connectivity index (χ0n) is 14.8. The molecule has 8 nitrogen and oxygen atoms in total. The summed E-state index contributed by atoms with van der Waals surface area (Å²) in [6.07, 6.45) is 3.89. The Morgan fingerprint density at radius 2 is 2.00 bits per heavy atom. The molecule has 0 amide bonds. The average Bonchev–Trinajstić information content (AvgIpc) is 3.08. The molecule has 0 unspecified atom stereocenters. The molecule has 0 aliphatic rings. The van der Waals surface area contributed by atoms with Crippen LogP contribution in [-0.2, 0) is 6.54 Å². The number of nitro groups is 1. The predicted octanol–water partition coefficient (Wildman–Crippen LogP) is 4.38. The monoisotopic (exact) mass is 438 g/mol. The van der Waals surface area contributed by atoms with Gasteiger partial charge in [-0.25, -0.2) is 15.0 Å². The van der Waals surface area contributed by atoms with Crippen molar-refractivity contribution in [3.05, 3.63) is 80.8 Å². The van der Waals surface area contributed by atoms with Crippen LogP contribution in [0.25, 0.3) is 17.0 Å². The van der Waals surface area contributed by atoms with Crippen molar-refractivity contribution < 1.29 is 4.92 Å². The molecule has 1 N–H and O–H groups in total. The molecule has 0 aliphatic heterocycles. The quantitative estimate of drug-likeness (QED) is 0.366. The molecule has 9 heteroatoms. The van der Waals surface area contributed by atoms with Crippen molar-refractivity contribution in [2.24, 2.45) is 0 Å². The van der Waals surface area contributed by atoms with Gasteiger partial charge >= 0.3 is 0 Å². The number of imidazole rings is 1. The third-order valence-corrected chi connectivity index (χ3v) is 4.55. The average molecular weight is 439 g/mol. The van der Waals surface area contributed by atoms with Crippen molar-refractivity contribution >= 4 is 33.1 Å². The Hall–Kier alpha value is -3.33. The molecule has 4 rings (SSSR count). The van der Waals surface area contributed by atoms with E-state index < -0.39 is 4.92 Å². The number of benzene rings is 1. The van der Waals surface area contributed by atoms with E-state index in [1.807, 2.05) is 41.9 Å². The number of fused-ring (bicyclic) bond motifs is 1. The van der Waals surface area contributed by atoms with Gasteiger partial charge in [0.2, 0.25) is 0 Å². The maximum absolute atomic E-state index is 11.0. The van der Waals surface area contributed by atoms with E-state index in [2.05, 4.69) is 36.2 Å². The molecule has 140 valence electrons. The smallest absolute Gasteiger partial charge is 0.270 e. The van der Waals surface area contributed by atoms with E-state index in [0.717, 1.165) is 21.5 Å². The van der Waals surface area contributed by atoms with Gasteiger partial charge in [0.05, 0.1) is 17.2 Å². The first kappa shape index (κ1) is 18.1. The van der Waals surface area contributed by atoms with Gasteiger partial charge in [0, 0.05) is 46.3 Å². The number of aryl methyl sites for hydroxylation is 1. The van der Waals surface area contributed by atoms with E-state index in [1.165, 1.54) is 12.1 Å². The molecule has 1 aromatic carbocycles. The Bertz CT molecular complexity index is 1190. The summed E-state index contributed by atoms with van der Waals surface area (Å²) in [4.78, 5) is 24.1. The Kier molecular flexibility index (Phi) is 4.74. The standard InChI is InChI=1S/C19H15BrN6O2/c1-12-7-17(21-9-15-11-25-10-14(20)5-6-18(25)23-15)24-19(22-12)13-3-2-4-16(8-13)26(27)28/h2-8,10-11H,9H2,1H3,(H,21,22,24). The van der Waals surface area contributed by atoms with Crippen molar-refractivity contribution in [1.82, 2.24) is 19.4 Å². The lowest BCUT2D eigenvalue weighted by atomic mass is 10.2. The highest BCUT2D eigenvalue weighted by Crippen LogP contribution is 2.23. The lowest BCUT2D eigenvalue weighted by Gasteiger charge is -2.07. The number of aromatic nitrogens is 4. The van der Waals surface area contributed by atoms with Gasteiger partial charge in [0.1, 0.15) is 11.5 Å². The van der Waals surface area contributed by atoms with E-state index in [1.54, 1.807) is 12.1 Å². The van der Waals surface area contributed by atoms with Crippen LogP contribution in [0.2, 0.25) is 0 Å². The molecule has 0 fully saturated rings. The minimum atomic E-state index is -0.430. The fraction of sp³-hybridized carbons (Fsp3) is 0.105. The Balaban J connectivity index is 1.58. The zero-order valence-corrected chi connectivity index (χ0v) is 16.4. The van der Waals surface area contributed by atoms with Crippen molar-refractivity contribution in [1.29, 1.82) is 0 Å². The molecule has 0 radical (unpaired) electrons. The van der Waals surface area contributed by atoms with E-state index in [4.69, 9.17) is 0 Å². The van der Waals surface area contributed by atoms with Gasteiger partial charge in [-0.2, -0.15) is 0 Å². The Morgan fingerprint density at radius 3 is 2.82 bits per heavy atom. The number of nitrogens with one attached hydrogen (secondary N) is 1. The first-order valence-electron chi connectivity index (χ1n) is 8.45. The van der Waals surface area contributed by atoms with Gasteiger partial charge in [0.15, 0.2) is 5.82 Å². The van der Waals surface area contributed by atoms with E-state index in [9.17, 15) is 10.1 Å². The van der Waals surface area contributed by atoms with Crippen LogP contribution in [0, 0.1) is 17.0 Å². The highest BCUT2D eigenvalue weighted by molar-refractivity contribution is 9.10. The summed E-state index contributed by atoms with van der Waals surface area (Å²) >= 11 is 3.45. The number of non-ortho nitro benzene ring substituents is 1. The number of anilines is 1. The second kappa shape index (κ2) is 7.35. The van der Waals surface area contributed by atoms with Crippen LogP contribution in [0.3, 0.4) is 0 Å². The fourth-order valence-electron chi connectivity index (χ4n) is 2.83. The number of rotatable bonds is 5. The largest absolute Gasteiger partial charge is 0.364 e. The molecule has 0 saturated heterocycles. The van der Waals surface area contributed by atoms with Gasteiger partial charge in [-0.15, -0.1) is 0 Å². The second-order valence-corrected chi connectivity index (χ2v) is 7.14. The highest BCUT2D eigenvalue weighted by atomic mass is 79.9. The highest BCUT2D eigenvalue weighted by Gasteiger charge is 2.11. The van der Waals surface area contributed by atoms with Gasteiger partial charge in [-0.05, 0) is 35.0 Å². The molecule has 3 aromatic heterocycles. The Labute approximate surface area is 168 Å². The first-order valence-corrected chi connectivity index (χ1v) is 9.25. The van der Waals surface area contributed by atoms with Crippen molar-refractivity contribution in [2.75, 3.05) is 5.32 Å². The maximum atomic E-state index is 11.0. The van der Waals surface area contributed by atoms with Crippen LogP contribution in [-0.4, -0.2) is 24.3 Å². The fourth-order valence-corrected chi connectivity index (χ4v) is 3.18. The lowest BCUT2D eigenvalue weighted by Crippen LogP contribution is -2.04. The summed E-state index contributed by atoms with van der Waals surface area (Å²) in [6.45, 7) is 2.35. The third kappa shape index (κ3) is 3.84. The number of pyridine rings is 1. The molecular formula is C19H15BrN6O2. The number of nitro benzene ring substituents is 1. The van der Waals surface area contributed by atoms with Crippen LogP contribution in [0.1, 0.15) is 11.4 Å². The summed E-state index contributed by atoms with van der Waals surface area (Å²) < 4.78 is 2.92. The second-order valence-electron chi connectivity index (χ2n) is 6.22. The summed E-state index contributed by atoms with van der Waals surface area (Å²) in [5.74, 6) is 1.07. The summed E-state index contributed by atoms with van der Waals surface area (Å²) in [7, 11) is 0. The molecule has 4 aromatic rings. The summed E-state index contributed by atoms with van der Waals surface area (Å²) in [6, 6.07) is 12.0. The predicted molar refractivity (Wildman–Crippen MR) is 109 cm³/mol. The molecular weight excluding hydrogens is 424 g/mol. The van der Waals surface area contributed by atoms with Crippen molar-refractivity contribution in [3.63, 3.8) is 0 Å². The van der Waals surface area contributed by atoms with E-state index >= 15 is 0 Å². The van der Waals surface area contributed by atoms with Crippen LogP contribution in [0.4, 0.5) is 11.5 Å². The summed E-state index contributed by atoms with van der Waals surface area (Å²) in [5, 5.41) is 14.3. The van der Waals surface area contributed by atoms with Gasteiger partial charge in [-0.3, -0.25) is 10.1 Å². The van der Waals surface area contributed by atoms with Crippen LogP contribution in [0.5, 0.6) is 0 Å². The summed E-state index contributed by atoms with van der Waals surface area (Å²) in [5.41, 5.74) is 3.09. The number of hydrogen-bond donors (Lipinski definition) is 1. The molecule has 0 atom stereocenters. The maximum Gasteiger partial charge on any atom is 0.270 e. The normalized spacial score (nSPS) is 10.9. The van der Waals surface area contributed by atoms with Crippen molar-refractivity contribution in [3.8, 4) is 11.4 Å². The third-order valence-electron chi connectivity index (χ3n) is 4.08.